The Morgan fingerprint density at radius 2 is 1.92 bits per heavy atom. The van der Waals surface area contributed by atoms with E-state index in [-0.39, 0.29) is 43.3 Å². The minimum Gasteiger partial charge on any atom is -0.355 e. The number of aromatic nitrogens is 2. The van der Waals surface area contributed by atoms with Crippen LogP contribution in [0.15, 0.2) is 35.3 Å². The first-order valence-electron chi connectivity index (χ1n) is 8.33. The first-order chi connectivity index (χ1) is 11.9. The molecule has 2 aromatic heterocycles. The molecule has 4 heterocycles. The molecule has 0 aliphatic carbocycles. The third-order valence-electron chi connectivity index (χ3n) is 4.92. The SMILES string of the molecule is O=C(C1CN(c2cc(=O)n3ccccc3n2)C1)N1CCC(F)(F)CC1. The lowest BCUT2D eigenvalue weighted by Gasteiger charge is -2.42. The van der Waals surface area contributed by atoms with E-state index in [4.69, 9.17) is 0 Å². The van der Waals surface area contributed by atoms with Crippen LogP contribution < -0.4 is 10.5 Å². The predicted octanol–water partition coefficient (Wildman–Crippen LogP) is 1.39. The summed E-state index contributed by atoms with van der Waals surface area (Å²) in [6.07, 6.45) is 1.12. The molecule has 2 fully saturated rings. The molecule has 0 saturated carbocycles. The molecule has 0 radical (unpaired) electrons. The number of pyridine rings is 1. The zero-order valence-electron chi connectivity index (χ0n) is 13.6. The van der Waals surface area contributed by atoms with Gasteiger partial charge in [0.05, 0.1) is 5.92 Å². The van der Waals surface area contributed by atoms with Crippen LogP contribution >= 0.6 is 0 Å². The highest BCUT2D eigenvalue weighted by molar-refractivity contribution is 5.82. The number of nitrogens with zero attached hydrogens (tertiary/aromatic N) is 4. The number of fused-ring (bicyclic) bond motifs is 1. The maximum atomic E-state index is 13.2. The Kier molecular flexibility index (Phi) is 3.70. The molecule has 8 heteroatoms. The summed E-state index contributed by atoms with van der Waals surface area (Å²) in [4.78, 5) is 32.4. The van der Waals surface area contributed by atoms with Gasteiger partial charge in [0.25, 0.3) is 11.5 Å². The average molecular weight is 348 g/mol. The molecule has 1 amide bonds. The molecule has 0 bridgehead atoms. The minimum absolute atomic E-state index is 0.0794. The summed E-state index contributed by atoms with van der Waals surface area (Å²) < 4.78 is 27.9. The smallest absolute Gasteiger partial charge is 0.259 e. The van der Waals surface area contributed by atoms with E-state index in [0.717, 1.165) is 0 Å². The van der Waals surface area contributed by atoms with E-state index >= 15 is 0 Å². The van der Waals surface area contributed by atoms with Crippen molar-refractivity contribution in [3.05, 3.63) is 40.8 Å². The maximum Gasteiger partial charge on any atom is 0.259 e. The van der Waals surface area contributed by atoms with Gasteiger partial charge in [-0.15, -0.1) is 0 Å². The standard InChI is InChI=1S/C17H18F2N4O2/c18-17(19)4-7-21(8-5-17)16(25)12-10-22(11-12)14-9-15(24)23-6-2-1-3-13(23)20-14/h1-3,6,9,12H,4-5,7-8,10-11H2. The number of alkyl halides is 2. The molecule has 0 N–H and O–H groups in total. The van der Waals surface area contributed by atoms with Crippen LogP contribution in [0.25, 0.3) is 5.65 Å². The average Bonchev–Trinajstić information content (AvgIpc) is 2.53. The molecule has 6 nitrogen and oxygen atoms in total. The number of piperidine rings is 1. The second-order valence-corrected chi connectivity index (χ2v) is 6.66. The van der Waals surface area contributed by atoms with Crippen molar-refractivity contribution in [1.82, 2.24) is 14.3 Å². The van der Waals surface area contributed by atoms with Crippen molar-refractivity contribution >= 4 is 17.4 Å². The Morgan fingerprint density at radius 1 is 1.20 bits per heavy atom. The van der Waals surface area contributed by atoms with Gasteiger partial charge in [0.1, 0.15) is 11.5 Å². The third kappa shape index (κ3) is 2.96. The fourth-order valence-corrected chi connectivity index (χ4v) is 3.34. The Hall–Kier alpha value is -2.51. The highest BCUT2D eigenvalue weighted by Crippen LogP contribution is 2.30. The van der Waals surface area contributed by atoms with Crippen LogP contribution in [-0.4, -0.2) is 52.3 Å². The summed E-state index contributed by atoms with van der Waals surface area (Å²) in [5.74, 6) is -2.41. The molecule has 2 aliphatic heterocycles. The molecule has 132 valence electrons. The van der Waals surface area contributed by atoms with Crippen molar-refractivity contribution in [2.75, 3.05) is 31.1 Å². The van der Waals surface area contributed by atoms with Crippen molar-refractivity contribution < 1.29 is 13.6 Å². The molecule has 2 saturated heterocycles. The lowest BCUT2D eigenvalue weighted by atomic mass is 9.96. The van der Waals surface area contributed by atoms with Crippen molar-refractivity contribution in [2.24, 2.45) is 5.92 Å². The van der Waals surface area contributed by atoms with Crippen molar-refractivity contribution in [3.8, 4) is 0 Å². The van der Waals surface area contributed by atoms with E-state index in [1.807, 2.05) is 4.90 Å². The largest absolute Gasteiger partial charge is 0.355 e. The summed E-state index contributed by atoms with van der Waals surface area (Å²) in [5, 5.41) is 0. The summed E-state index contributed by atoms with van der Waals surface area (Å²) >= 11 is 0. The molecule has 0 aromatic carbocycles. The minimum atomic E-state index is -2.65. The second-order valence-electron chi connectivity index (χ2n) is 6.66. The normalized spacial score (nSPS) is 20.6. The maximum absolute atomic E-state index is 13.2. The van der Waals surface area contributed by atoms with Gasteiger partial charge < -0.3 is 9.80 Å². The number of carbonyl (C=O) groups is 1. The van der Waals surface area contributed by atoms with Gasteiger partial charge in [-0.2, -0.15) is 0 Å². The Labute approximate surface area is 142 Å². The van der Waals surface area contributed by atoms with Gasteiger partial charge >= 0.3 is 0 Å². The van der Waals surface area contributed by atoms with Crippen LogP contribution in [0.1, 0.15) is 12.8 Å². The lowest BCUT2D eigenvalue weighted by Crippen LogP contribution is -2.56. The van der Waals surface area contributed by atoms with Crippen LogP contribution in [-0.2, 0) is 4.79 Å². The first-order valence-corrected chi connectivity index (χ1v) is 8.33. The number of carbonyl (C=O) groups excluding carboxylic acids is 1. The van der Waals surface area contributed by atoms with E-state index in [0.29, 0.717) is 24.6 Å². The summed E-state index contributed by atoms with van der Waals surface area (Å²) in [5.41, 5.74) is 0.381. The fourth-order valence-electron chi connectivity index (χ4n) is 3.34. The van der Waals surface area contributed by atoms with Crippen LogP contribution in [0.2, 0.25) is 0 Å². The number of hydrogen-bond donors (Lipinski definition) is 0. The predicted molar refractivity (Wildman–Crippen MR) is 87.9 cm³/mol. The molecular weight excluding hydrogens is 330 g/mol. The lowest BCUT2D eigenvalue weighted by molar-refractivity contribution is -0.142. The fraction of sp³-hybridized carbons (Fsp3) is 0.471. The number of amides is 1. The number of anilines is 1. The molecule has 25 heavy (non-hydrogen) atoms. The molecular formula is C17H18F2N4O2. The van der Waals surface area contributed by atoms with Gasteiger partial charge in [-0.1, -0.05) is 6.07 Å². The van der Waals surface area contributed by atoms with Crippen molar-refractivity contribution in [2.45, 2.75) is 18.8 Å². The second kappa shape index (κ2) is 5.79. The van der Waals surface area contributed by atoms with Gasteiger partial charge in [0, 0.05) is 51.3 Å². The Balaban J connectivity index is 1.42. The Bertz CT molecular complexity index is 866. The van der Waals surface area contributed by atoms with Gasteiger partial charge in [0.2, 0.25) is 5.91 Å². The van der Waals surface area contributed by atoms with Crippen molar-refractivity contribution in [1.29, 1.82) is 0 Å². The topological polar surface area (TPSA) is 57.9 Å². The van der Waals surface area contributed by atoms with Gasteiger partial charge in [0.15, 0.2) is 0 Å². The molecule has 2 aromatic rings. The van der Waals surface area contributed by atoms with E-state index in [2.05, 4.69) is 4.98 Å². The number of hydrogen-bond acceptors (Lipinski definition) is 4. The third-order valence-corrected chi connectivity index (χ3v) is 4.92. The van der Waals surface area contributed by atoms with Gasteiger partial charge in [-0.25, -0.2) is 13.8 Å². The number of rotatable bonds is 2. The van der Waals surface area contributed by atoms with Gasteiger partial charge in [-0.3, -0.25) is 14.0 Å². The van der Waals surface area contributed by atoms with Crippen LogP contribution in [0.5, 0.6) is 0 Å². The highest BCUT2D eigenvalue weighted by atomic mass is 19.3. The van der Waals surface area contributed by atoms with E-state index in [1.54, 1.807) is 24.4 Å². The van der Waals surface area contributed by atoms with Crippen LogP contribution in [0.4, 0.5) is 14.6 Å². The molecule has 4 rings (SSSR count). The zero-order chi connectivity index (χ0) is 17.6. The van der Waals surface area contributed by atoms with E-state index < -0.39 is 5.92 Å². The Morgan fingerprint density at radius 3 is 2.64 bits per heavy atom. The van der Waals surface area contributed by atoms with Crippen molar-refractivity contribution in [3.63, 3.8) is 0 Å². The summed E-state index contributed by atoms with van der Waals surface area (Å²) in [6, 6.07) is 6.77. The zero-order valence-corrected chi connectivity index (χ0v) is 13.6. The quantitative estimate of drug-likeness (QED) is 0.823. The molecule has 0 atom stereocenters. The molecule has 0 spiro atoms. The summed E-state index contributed by atoms with van der Waals surface area (Å²) in [6.45, 7) is 1.14. The summed E-state index contributed by atoms with van der Waals surface area (Å²) in [7, 11) is 0. The highest BCUT2D eigenvalue weighted by Gasteiger charge is 2.40. The van der Waals surface area contributed by atoms with E-state index in [9.17, 15) is 18.4 Å². The molecule has 2 aliphatic rings. The number of likely N-dealkylation sites (tertiary alicyclic amines) is 1. The van der Waals surface area contributed by atoms with Crippen LogP contribution in [0, 0.1) is 5.92 Å². The molecule has 0 unspecified atom stereocenters. The monoisotopic (exact) mass is 348 g/mol. The van der Waals surface area contributed by atoms with Gasteiger partial charge in [-0.05, 0) is 12.1 Å². The van der Waals surface area contributed by atoms with E-state index in [1.165, 1.54) is 15.4 Å². The first kappa shape index (κ1) is 16.0. The van der Waals surface area contributed by atoms with Crippen LogP contribution in [0.3, 0.4) is 0 Å². The number of halogens is 2.